The van der Waals surface area contributed by atoms with Crippen molar-refractivity contribution < 1.29 is 4.74 Å². The van der Waals surface area contributed by atoms with E-state index < -0.39 is 0 Å². The molecular formula is C12H13NO. The Labute approximate surface area is 84.1 Å². The maximum atomic E-state index is 8.55. The maximum absolute atomic E-state index is 8.55. The number of rotatable bonds is 4. The summed E-state index contributed by atoms with van der Waals surface area (Å²) in [5.41, 5.74) is 1.03. The van der Waals surface area contributed by atoms with E-state index in [9.17, 15) is 0 Å². The summed E-state index contributed by atoms with van der Waals surface area (Å²) in [6, 6.07) is 9.92. The molecule has 0 unspecified atom stereocenters. The fraction of sp³-hybridized carbons (Fsp3) is 0.417. The molecular weight excluding hydrogens is 174 g/mol. The normalized spacial score (nSPS) is 14.8. The topological polar surface area (TPSA) is 33.0 Å². The lowest BCUT2D eigenvalue weighted by molar-refractivity contribution is 0.299. The van der Waals surface area contributed by atoms with Crippen LogP contribution in [0.3, 0.4) is 0 Å². The average molecular weight is 187 g/mol. The van der Waals surface area contributed by atoms with Gasteiger partial charge in [0.05, 0.1) is 19.1 Å². The van der Waals surface area contributed by atoms with E-state index in [1.807, 2.05) is 24.3 Å². The quantitative estimate of drug-likeness (QED) is 0.725. The average Bonchev–Trinajstić information content (AvgIpc) is 2.99. The summed E-state index contributed by atoms with van der Waals surface area (Å²) in [4.78, 5) is 0. The van der Waals surface area contributed by atoms with Gasteiger partial charge in [-0.1, -0.05) is 12.1 Å². The molecule has 1 fully saturated rings. The fourth-order valence-electron chi connectivity index (χ4n) is 1.34. The van der Waals surface area contributed by atoms with Crippen molar-refractivity contribution in [1.82, 2.24) is 0 Å². The summed E-state index contributed by atoms with van der Waals surface area (Å²) in [6.45, 7) is 0.829. The summed E-state index contributed by atoms with van der Waals surface area (Å²) >= 11 is 0. The minimum Gasteiger partial charge on any atom is -0.493 e. The van der Waals surface area contributed by atoms with Gasteiger partial charge in [0.1, 0.15) is 5.75 Å². The van der Waals surface area contributed by atoms with Gasteiger partial charge in [-0.3, -0.25) is 0 Å². The Hall–Kier alpha value is -1.49. The Balaban J connectivity index is 1.94. The molecule has 2 rings (SSSR count). The number of nitriles is 1. The van der Waals surface area contributed by atoms with E-state index in [0.717, 1.165) is 23.8 Å². The molecule has 0 amide bonds. The van der Waals surface area contributed by atoms with Gasteiger partial charge in [0.25, 0.3) is 0 Å². The number of nitrogens with zero attached hydrogens (tertiary/aromatic N) is 1. The highest BCUT2D eigenvalue weighted by molar-refractivity contribution is 5.30. The number of hydrogen-bond donors (Lipinski definition) is 0. The molecule has 72 valence electrons. The molecule has 1 aliphatic rings. The molecule has 0 atom stereocenters. The molecule has 0 aliphatic heterocycles. The van der Waals surface area contributed by atoms with E-state index in [1.54, 1.807) is 0 Å². The maximum Gasteiger partial charge on any atom is 0.119 e. The fourth-order valence-corrected chi connectivity index (χ4v) is 1.34. The van der Waals surface area contributed by atoms with E-state index >= 15 is 0 Å². The van der Waals surface area contributed by atoms with Crippen molar-refractivity contribution in [1.29, 1.82) is 5.26 Å². The third-order valence-corrected chi connectivity index (χ3v) is 2.36. The first-order chi connectivity index (χ1) is 6.88. The van der Waals surface area contributed by atoms with Crippen LogP contribution in [0.2, 0.25) is 0 Å². The van der Waals surface area contributed by atoms with Crippen molar-refractivity contribution >= 4 is 0 Å². The minimum atomic E-state index is 0.459. The standard InChI is InChI=1S/C12H13NO/c13-7-6-10-2-1-3-12(8-10)14-9-11-4-5-11/h1-3,8,11H,4-6,9H2. The minimum absolute atomic E-state index is 0.459. The molecule has 1 aromatic rings. The summed E-state index contributed by atoms with van der Waals surface area (Å²) in [5.74, 6) is 1.67. The molecule has 1 saturated carbocycles. The van der Waals surface area contributed by atoms with Gasteiger partial charge in [0, 0.05) is 0 Å². The first-order valence-corrected chi connectivity index (χ1v) is 4.97. The molecule has 0 bridgehead atoms. The van der Waals surface area contributed by atoms with Gasteiger partial charge in [0.2, 0.25) is 0 Å². The lowest BCUT2D eigenvalue weighted by Crippen LogP contribution is -1.99. The van der Waals surface area contributed by atoms with Crippen molar-refractivity contribution in [3.8, 4) is 11.8 Å². The second-order valence-electron chi connectivity index (χ2n) is 3.74. The van der Waals surface area contributed by atoms with E-state index in [1.165, 1.54) is 12.8 Å². The van der Waals surface area contributed by atoms with E-state index in [4.69, 9.17) is 10.00 Å². The summed E-state index contributed by atoms with van der Waals surface area (Å²) < 4.78 is 5.61. The zero-order valence-electron chi connectivity index (χ0n) is 8.07. The van der Waals surface area contributed by atoms with Crippen LogP contribution in [0, 0.1) is 17.2 Å². The summed E-state index contributed by atoms with van der Waals surface area (Å²) in [6.07, 6.45) is 3.07. The predicted molar refractivity (Wildman–Crippen MR) is 54.0 cm³/mol. The second-order valence-corrected chi connectivity index (χ2v) is 3.74. The molecule has 0 spiro atoms. The highest BCUT2D eigenvalue weighted by Crippen LogP contribution is 2.29. The van der Waals surface area contributed by atoms with Crippen LogP contribution >= 0.6 is 0 Å². The summed E-state index contributed by atoms with van der Waals surface area (Å²) in [7, 11) is 0. The first-order valence-electron chi connectivity index (χ1n) is 4.97. The van der Waals surface area contributed by atoms with Gasteiger partial charge in [-0.15, -0.1) is 0 Å². The van der Waals surface area contributed by atoms with Crippen molar-refractivity contribution in [3.05, 3.63) is 29.8 Å². The Kier molecular flexibility index (Phi) is 2.69. The lowest BCUT2D eigenvalue weighted by Gasteiger charge is -2.05. The SMILES string of the molecule is N#CCc1cccc(OCC2CC2)c1. The molecule has 0 radical (unpaired) electrons. The lowest BCUT2D eigenvalue weighted by atomic mass is 10.1. The van der Waals surface area contributed by atoms with E-state index in [-0.39, 0.29) is 0 Å². The van der Waals surface area contributed by atoms with Gasteiger partial charge in [-0.05, 0) is 36.5 Å². The largest absolute Gasteiger partial charge is 0.493 e. The first kappa shape index (κ1) is 9.08. The van der Waals surface area contributed by atoms with Crippen LogP contribution in [0.4, 0.5) is 0 Å². The van der Waals surface area contributed by atoms with E-state index in [0.29, 0.717) is 6.42 Å². The molecule has 0 N–H and O–H groups in total. The molecule has 2 heteroatoms. The number of hydrogen-bond acceptors (Lipinski definition) is 2. The third-order valence-electron chi connectivity index (χ3n) is 2.36. The van der Waals surface area contributed by atoms with E-state index in [2.05, 4.69) is 6.07 Å². The zero-order chi connectivity index (χ0) is 9.80. The summed E-state index contributed by atoms with van der Waals surface area (Å²) in [5, 5.41) is 8.55. The molecule has 0 aromatic heterocycles. The monoisotopic (exact) mass is 187 g/mol. The molecule has 1 aliphatic carbocycles. The highest BCUT2D eigenvalue weighted by atomic mass is 16.5. The van der Waals surface area contributed by atoms with Crippen LogP contribution in [0.15, 0.2) is 24.3 Å². The second kappa shape index (κ2) is 4.15. The smallest absolute Gasteiger partial charge is 0.119 e. The van der Waals surface area contributed by atoms with Gasteiger partial charge < -0.3 is 4.74 Å². The van der Waals surface area contributed by atoms with Crippen LogP contribution < -0.4 is 4.74 Å². The van der Waals surface area contributed by atoms with Crippen molar-refractivity contribution in [2.75, 3.05) is 6.61 Å². The Morgan fingerprint density at radius 2 is 2.29 bits per heavy atom. The Morgan fingerprint density at radius 3 is 3.00 bits per heavy atom. The van der Waals surface area contributed by atoms with Crippen molar-refractivity contribution in [2.45, 2.75) is 19.3 Å². The molecule has 0 heterocycles. The van der Waals surface area contributed by atoms with Crippen LogP contribution in [0.5, 0.6) is 5.75 Å². The van der Waals surface area contributed by atoms with Crippen LogP contribution in [-0.2, 0) is 6.42 Å². The molecule has 14 heavy (non-hydrogen) atoms. The van der Waals surface area contributed by atoms with Crippen molar-refractivity contribution in [3.63, 3.8) is 0 Å². The molecule has 1 aromatic carbocycles. The third kappa shape index (κ3) is 2.50. The van der Waals surface area contributed by atoms with Gasteiger partial charge >= 0.3 is 0 Å². The Morgan fingerprint density at radius 1 is 1.43 bits per heavy atom. The van der Waals surface area contributed by atoms with Gasteiger partial charge in [0.15, 0.2) is 0 Å². The predicted octanol–water partition coefficient (Wildman–Crippen LogP) is 2.54. The zero-order valence-corrected chi connectivity index (χ0v) is 8.07. The van der Waals surface area contributed by atoms with Crippen LogP contribution in [0.1, 0.15) is 18.4 Å². The van der Waals surface area contributed by atoms with Crippen molar-refractivity contribution in [2.24, 2.45) is 5.92 Å². The molecule has 2 nitrogen and oxygen atoms in total. The van der Waals surface area contributed by atoms with Crippen LogP contribution in [-0.4, -0.2) is 6.61 Å². The number of benzene rings is 1. The van der Waals surface area contributed by atoms with Gasteiger partial charge in [-0.25, -0.2) is 0 Å². The van der Waals surface area contributed by atoms with Gasteiger partial charge in [-0.2, -0.15) is 5.26 Å². The number of ether oxygens (including phenoxy) is 1. The Bertz CT molecular complexity index is 350. The highest BCUT2D eigenvalue weighted by Gasteiger charge is 2.21. The van der Waals surface area contributed by atoms with Crippen LogP contribution in [0.25, 0.3) is 0 Å². The molecule has 0 saturated heterocycles.